The molecule has 0 radical (unpaired) electrons. The van der Waals surface area contributed by atoms with Crippen LogP contribution in [-0.2, 0) is 4.79 Å². The molecule has 1 N–H and O–H groups in total. The molecule has 0 heterocycles. The van der Waals surface area contributed by atoms with Gasteiger partial charge in [0, 0.05) is 6.07 Å². The summed E-state index contributed by atoms with van der Waals surface area (Å²) in [5.41, 5.74) is -0.645. The first-order chi connectivity index (χ1) is 9.94. The van der Waals surface area contributed by atoms with Gasteiger partial charge in [0.2, 0.25) is 0 Å². The highest BCUT2D eigenvalue weighted by Gasteiger charge is 2.24. The molecule has 0 aliphatic carbocycles. The van der Waals surface area contributed by atoms with Gasteiger partial charge in [-0.2, -0.15) is 0 Å². The molecule has 114 valence electrons. The molecular formula is C13H15NO7. The molecule has 21 heavy (non-hydrogen) atoms. The summed E-state index contributed by atoms with van der Waals surface area (Å²) in [5.74, 6) is -1.21. The third kappa shape index (κ3) is 3.91. The van der Waals surface area contributed by atoms with E-state index in [1.807, 2.05) is 0 Å². The predicted octanol–water partition coefficient (Wildman–Crippen LogP) is 2.05. The maximum absolute atomic E-state index is 11.1. The number of aliphatic carboxylic acids is 1. The van der Waals surface area contributed by atoms with Gasteiger partial charge < -0.3 is 14.6 Å². The Labute approximate surface area is 120 Å². The number of carboxylic acid groups (broad SMARTS) is 1. The monoisotopic (exact) mass is 297 g/mol. The normalized spacial score (nSPS) is 11.5. The standard InChI is InChI=1S/C13H15NO7/c1-3-4-10(13(16)17)21-12-6-9(14(18)19)8(7-15)5-11(12)20-2/h5-7,10H,3-4H2,1-2H3,(H,16,17). The Morgan fingerprint density at radius 2 is 2.14 bits per heavy atom. The number of methoxy groups -OCH3 is 1. The van der Waals surface area contributed by atoms with Crippen molar-refractivity contribution in [1.82, 2.24) is 0 Å². The summed E-state index contributed by atoms with van der Waals surface area (Å²) in [7, 11) is 1.29. The number of aldehydes is 1. The first kappa shape index (κ1) is 16.4. The van der Waals surface area contributed by atoms with Gasteiger partial charge in [-0.05, 0) is 6.42 Å². The summed E-state index contributed by atoms with van der Waals surface area (Å²) >= 11 is 0. The van der Waals surface area contributed by atoms with Gasteiger partial charge in [0.25, 0.3) is 5.69 Å². The first-order valence-electron chi connectivity index (χ1n) is 6.15. The molecule has 0 saturated heterocycles. The van der Waals surface area contributed by atoms with E-state index in [1.165, 1.54) is 7.11 Å². The minimum Gasteiger partial charge on any atom is -0.493 e. The van der Waals surface area contributed by atoms with E-state index < -0.39 is 22.7 Å². The van der Waals surface area contributed by atoms with Crippen molar-refractivity contribution in [2.75, 3.05) is 7.11 Å². The van der Waals surface area contributed by atoms with Gasteiger partial charge in [-0.25, -0.2) is 4.79 Å². The van der Waals surface area contributed by atoms with Gasteiger partial charge in [0.1, 0.15) is 0 Å². The number of benzene rings is 1. The molecule has 0 aromatic heterocycles. The summed E-state index contributed by atoms with van der Waals surface area (Å²) in [6, 6.07) is 2.14. The molecule has 8 heteroatoms. The van der Waals surface area contributed by atoms with Crippen LogP contribution in [0.5, 0.6) is 11.5 Å². The maximum atomic E-state index is 11.1. The summed E-state index contributed by atoms with van der Waals surface area (Å²) in [5, 5.41) is 20.0. The van der Waals surface area contributed by atoms with E-state index in [1.54, 1.807) is 6.92 Å². The molecule has 8 nitrogen and oxygen atoms in total. The minimum absolute atomic E-state index is 0.0602. The van der Waals surface area contributed by atoms with Crippen molar-refractivity contribution in [3.8, 4) is 11.5 Å². The summed E-state index contributed by atoms with van der Waals surface area (Å²) < 4.78 is 10.3. The summed E-state index contributed by atoms with van der Waals surface area (Å²) in [6.45, 7) is 1.79. The Balaban J connectivity index is 3.26. The number of nitro benzene ring substituents is 1. The van der Waals surface area contributed by atoms with Crippen LogP contribution in [0.15, 0.2) is 12.1 Å². The van der Waals surface area contributed by atoms with Gasteiger partial charge >= 0.3 is 5.97 Å². The zero-order valence-electron chi connectivity index (χ0n) is 11.6. The molecule has 0 amide bonds. The average Bonchev–Trinajstić information content (AvgIpc) is 2.45. The lowest BCUT2D eigenvalue weighted by Gasteiger charge is -2.16. The number of carboxylic acids is 1. The molecule has 1 rings (SSSR count). The Kier molecular flexibility index (Phi) is 5.65. The van der Waals surface area contributed by atoms with Crippen molar-refractivity contribution >= 4 is 17.9 Å². The van der Waals surface area contributed by atoms with Crippen LogP contribution in [0.1, 0.15) is 30.1 Å². The number of ether oxygens (including phenoxy) is 2. The Morgan fingerprint density at radius 1 is 1.48 bits per heavy atom. The maximum Gasteiger partial charge on any atom is 0.344 e. The number of nitrogens with zero attached hydrogens (tertiary/aromatic N) is 1. The van der Waals surface area contributed by atoms with E-state index in [-0.39, 0.29) is 23.5 Å². The van der Waals surface area contributed by atoms with E-state index >= 15 is 0 Å². The number of nitro groups is 1. The van der Waals surface area contributed by atoms with Gasteiger partial charge in [-0.1, -0.05) is 13.3 Å². The number of hydrogen-bond acceptors (Lipinski definition) is 6. The molecule has 1 unspecified atom stereocenters. The zero-order valence-corrected chi connectivity index (χ0v) is 11.6. The Hall–Kier alpha value is -2.64. The fourth-order valence-corrected chi connectivity index (χ4v) is 1.72. The number of rotatable bonds is 8. The van der Waals surface area contributed by atoms with E-state index in [0.29, 0.717) is 12.7 Å². The van der Waals surface area contributed by atoms with E-state index in [2.05, 4.69) is 0 Å². The number of carbonyl (C=O) groups excluding carboxylic acids is 1. The predicted molar refractivity (Wildman–Crippen MR) is 72.0 cm³/mol. The van der Waals surface area contributed by atoms with Crippen LogP contribution >= 0.6 is 0 Å². The third-order valence-corrected chi connectivity index (χ3v) is 2.73. The minimum atomic E-state index is -1.18. The lowest BCUT2D eigenvalue weighted by Crippen LogP contribution is -2.27. The highest BCUT2D eigenvalue weighted by molar-refractivity contribution is 5.83. The van der Waals surface area contributed by atoms with Crippen molar-refractivity contribution in [3.05, 3.63) is 27.8 Å². The van der Waals surface area contributed by atoms with Crippen LogP contribution < -0.4 is 9.47 Å². The van der Waals surface area contributed by atoms with Crippen LogP contribution in [0.3, 0.4) is 0 Å². The highest BCUT2D eigenvalue weighted by atomic mass is 16.6. The number of carbonyl (C=O) groups is 2. The highest BCUT2D eigenvalue weighted by Crippen LogP contribution is 2.35. The van der Waals surface area contributed by atoms with Crippen LogP contribution in [0.2, 0.25) is 0 Å². The van der Waals surface area contributed by atoms with E-state index in [4.69, 9.17) is 14.6 Å². The molecule has 0 aliphatic heterocycles. The Morgan fingerprint density at radius 3 is 2.57 bits per heavy atom. The van der Waals surface area contributed by atoms with Gasteiger partial charge in [0.05, 0.1) is 23.7 Å². The number of hydrogen-bond donors (Lipinski definition) is 1. The smallest absolute Gasteiger partial charge is 0.344 e. The van der Waals surface area contributed by atoms with Crippen LogP contribution in [0, 0.1) is 10.1 Å². The Bertz CT molecular complexity index is 556. The topological polar surface area (TPSA) is 116 Å². The SMILES string of the molecule is CCCC(Oc1cc([N+](=O)[O-])c(C=O)cc1OC)C(=O)O. The molecule has 0 spiro atoms. The van der Waals surface area contributed by atoms with Crippen molar-refractivity contribution in [2.45, 2.75) is 25.9 Å². The van der Waals surface area contributed by atoms with E-state index in [0.717, 1.165) is 12.1 Å². The largest absolute Gasteiger partial charge is 0.493 e. The second-order valence-electron chi connectivity index (χ2n) is 4.17. The summed E-state index contributed by atoms with van der Waals surface area (Å²) in [6.07, 6.45) is -0.0219. The molecule has 1 atom stereocenters. The molecule has 0 bridgehead atoms. The second kappa shape index (κ2) is 7.22. The molecule has 1 aromatic carbocycles. The molecule has 0 aliphatic rings. The molecule has 0 saturated carbocycles. The second-order valence-corrected chi connectivity index (χ2v) is 4.17. The van der Waals surface area contributed by atoms with Crippen LogP contribution in [0.25, 0.3) is 0 Å². The van der Waals surface area contributed by atoms with Crippen molar-refractivity contribution in [2.24, 2.45) is 0 Å². The fraction of sp³-hybridized carbons (Fsp3) is 0.385. The van der Waals surface area contributed by atoms with Crippen molar-refractivity contribution in [3.63, 3.8) is 0 Å². The third-order valence-electron chi connectivity index (χ3n) is 2.73. The summed E-state index contributed by atoms with van der Waals surface area (Å²) in [4.78, 5) is 32.1. The van der Waals surface area contributed by atoms with Gasteiger partial charge in [-0.3, -0.25) is 14.9 Å². The van der Waals surface area contributed by atoms with Gasteiger partial charge in [0.15, 0.2) is 23.9 Å². The quantitative estimate of drug-likeness (QED) is 0.443. The molecule has 1 aromatic rings. The lowest BCUT2D eigenvalue weighted by molar-refractivity contribution is -0.385. The zero-order chi connectivity index (χ0) is 16.0. The van der Waals surface area contributed by atoms with Crippen LogP contribution in [0.4, 0.5) is 5.69 Å². The fourth-order valence-electron chi connectivity index (χ4n) is 1.72. The van der Waals surface area contributed by atoms with Crippen molar-refractivity contribution < 1.29 is 29.1 Å². The van der Waals surface area contributed by atoms with Crippen LogP contribution in [-0.4, -0.2) is 35.5 Å². The lowest BCUT2D eigenvalue weighted by atomic mass is 10.1. The molecular weight excluding hydrogens is 282 g/mol. The van der Waals surface area contributed by atoms with Crippen molar-refractivity contribution in [1.29, 1.82) is 0 Å². The average molecular weight is 297 g/mol. The first-order valence-corrected chi connectivity index (χ1v) is 6.15. The molecule has 0 fully saturated rings. The van der Waals surface area contributed by atoms with E-state index in [9.17, 15) is 19.7 Å². The van der Waals surface area contributed by atoms with Gasteiger partial charge in [-0.15, -0.1) is 0 Å².